The predicted molar refractivity (Wildman–Crippen MR) is 109 cm³/mol. The van der Waals surface area contributed by atoms with Crippen LogP contribution >= 0.6 is 15.9 Å². The zero-order chi connectivity index (χ0) is 22.4. The molecule has 30 heavy (non-hydrogen) atoms. The van der Waals surface area contributed by atoms with E-state index >= 15 is 0 Å². The first-order valence-electron chi connectivity index (χ1n) is 9.51. The lowest BCUT2D eigenvalue weighted by atomic mass is 9.92. The Hall–Kier alpha value is -2.49. The summed E-state index contributed by atoms with van der Waals surface area (Å²) in [6.07, 6.45) is 0.316. The molecule has 8 nitrogen and oxygen atoms in total. The Morgan fingerprint density at radius 1 is 1.37 bits per heavy atom. The van der Waals surface area contributed by atoms with E-state index in [0.29, 0.717) is 12.8 Å². The number of amides is 2. The zero-order valence-corrected chi connectivity index (χ0v) is 18.3. The number of hydrogen-bond donors (Lipinski definition) is 2. The van der Waals surface area contributed by atoms with Crippen molar-refractivity contribution in [2.24, 2.45) is 5.92 Å². The third kappa shape index (κ3) is 5.78. The van der Waals surface area contributed by atoms with Crippen molar-refractivity contribution in [1.29, 1.82) is 0 Å². The van der Waals surface area contributed by atoms with Crippen molar-refractivity contribution >= 4 is 39.7 Å². The van der Waals surface area contributed by atoms with Crippen LogP contribution in [0.15, 0.2) is 22.7 Å². The lowest BCUT2D eigenvalue weighted by Crippen LogP contribution is -2.54. The van der Waals surface area contributed by atoms with Crippen molar-refractivity contribution in [2.75, 3.05) is 13.7 Å². The van der Waals surface area contributed by atoms with Crippen LogP contribution in [0, 0.1) is 11.7 Å². The van der Waals surface area contributed by atoms with Gasteiger partial charge in [-0.3, -0.25) is 9.59 Å². The van der Waals surface area contributed by atoms with Gasteiger partial charge in [-0.15, -0.1) is 0 Å². The van der Waals surface area contributed by atoms with Crippen LogP contribution in [0.1, 0.15) is 43.0 Å². The van der Waals surface area contributed by atoms with Crippen LogP contribution in [0.4, 0.5) is 9.18 Å². The second kappa shape index (κ2) is 10.5. The molecule has 1 aromatic rings. The molecular formula is C20H24BrFN2O6. The van der Waals surface area contributed by atoms with E-state index in [-0.39, 0.29) is 35.2 Å². The SMILES string of the molecule is COC(=O)NC(C(=O)N1CCCC1C(=O)O)C(C)CCC(=O)c1ccc(Br)c(F)c1. The average molecular weight is 487 g/mol. The number of carbonyl (C=O) groups is 4. The number of aliphatic carboxylic acids is 1. The van der Waals surface area contributed by atoms with Gasteiger partial charge < -0.3 is 20.1 Å². The van der Waals surface area contributed by atoms with Crippen molar-refractivity contribution in [2.45, 2.75) is 44.7 Å². The van der Waals surface area contributed by atoms with Crippen LogP contribution in [0.5, 0.6) is 0 Å². The number of carboxylic acids is 1. The van der Waals surface area contributed by atoms with Gasteiger partial charge in [0, 0.05) is 18.5 Å². The molecule has 1 aliphatic heterocycles. The first-order chi connectivity index (χ1) is 14.1. The minimum Gasteiger partial charge on any atom is -0.480 e. The van der Waals surface area contributed by atoms with Gasteiger partial charge in [-0.25, -0.2) is 14.0 Å². The molecule has 10 heteroatoms. The van der Waals surface area contributed by atoms with E-state index in [2.05, 4.69) is 26.0 Å². The number of ketones is 1. The fourth-order valence-electron chi connectivity index (χ4n) is 3.44. The van der Waals surface area contributed by atoms with Gasteiger partial charge >= 0.3 is 12.1 Å². The highest BCUT2D eigenvalue weighted by molar-refractivity contribution is 9.10. The summed E-state index contributed by atoms with van der Waals surface area (Å²) >= 11 is 3.03. The van der Waals surface area contributed by atoms with Crippen molar-refractivity contribution < 1.29 is 33.4 Å². The maximum absolute atomic E-state index is 13.7. The number of benzene rings is 1. The third-order valence-corrected chi connectivity index (χ3v) is 5.83. The highest BCUT2D eigenvalue weighted by Gasteiger charge is 2.39. The highest BCUT2D eigenvalue weighted by atomic mass is 79.9. The van der Waals surface area contributed by atoms with Gasteiger partial charge in [-0.1, -0.05) is 13.0 Å². The van der Waals surface area contributed by atoms with Crippen LogP contribution in [0.25, 0.3) is 0 Å². The number of hydrogen-bond acceptors (Lipinski definition) is 5. The van der Waals surface area contributed by atoms with Crippen molar-refractivity contribution in [1.82, 2.24) is 10.2 Å². The number of carboxylic acid groups (broad SMARTS) is 1. The standard InChI is InChI=1S/C20H24BrFN2O6/c1-11(5-8-16(25)12-6-7-13(21)14(22)10-12)17(23-20(29)30-2)18(26)24-9-3-4-15(24)19(27)28/h6-7,10-11,15,17H,3-5,8-9H2,1-2H3,(H,23,29)(H,27,28). The molecule has 0 aromatic heterocycles. The summed E-state index contributed by atoms with van der Waals surface area (Å²) in [4.78, 5) is 49.8. The number of carbonyl (C=O) groups excluding carboxylic acids is 3. The van der Waals surface area contributed by atoms with Crippen LogP contribution in [0.3, 0.4) is 0 Å². The number of nitrogens with one attached hydrogen (secondary N) is 1. The summed E-state index contributed by atoms with van der Waals surface area (Å²) in [6, 6.07) is 2.08. The highest BCUT2D eigenvalue weighted by Crippen LogP contribution is 2.23. The molecule has 3 atom stereocenters. The van der Waals surface area contributed by atoms with Gasteiger partial charge in [0.15, 0.2) is 5.78 Å². The largest absolute Gasteiger partial charge is 0.480 e. The minimum absolute atomic E-state index is 0.0250. The van der Waals surface area contributed by atoms with Gasteiger partial charge in [-0.05, 0) is 53.2 Å². The number of nitrogens with zero attached hydrogens (tertiary/aromatic N) is 1. The molecule has 0 aliphatic carbocycles. The Kier molecular flexibility index (Phi) is 8.33. The summed E-state index contributed by atoms with van der Waals surface area (Å²) < 4.78 is 18.5. The molecule has 0 radical (unpaired) electrons. The summed E-state index contributed by atoms with van der Waals surface area (Å²) in [5.74, 6) is -2.97. The van der Waals surface area contributed by atoms with E-state index in [1.54, 1.807) is 6.92 Å². The quantitative estimate of drug-likeness (QED) is 0.546. The Balaban J connectivity index is 2.10. The van der Waals surface area contributed by atoms with E-state index in [1.807, 2.05) is 0 Å². The molecule has 2 rings (SSSR count). The molecular weight excluding hydrogens is 463 g/mol. The predicted octanol–water partition coefficient (Wildman–Crippen LogP) is 2.99. The number of halogens is 2. The second-order valence-corrected chi connectivity index (χ2v) is 8.06. The molecule has 1 heterocycles. The molecule has 3 unspecified atom stereocenters. The van der Waals surface area contributed by atoms with Gasteiger partial charge in [-0.2, -0.15) is 0 Å². The van der Waals surface area contributed by atoms with E-state index in [0.717, 1.165) is 13.2 Å². The molecule has 0 saturated carbocycles. The molecule has 1 aromatic carbocycles. The summed E-state index contributed by atoms with van der Waals surface area (Å²) in [5, 5.41) is 11.8. The van der Waals surface area contributed by atoms with E-state index < -0.39 is 41.8 Å². The number of rotatable bonds is 8. The zero-order valence-electron chi connectivity index (χ0n) is 16.7. The fourth-order valence-corrected chi connectivity index (χ4v) is 3.69. The molecule has 1 saturated heterocycles. The number of alkyl carbamates (subject to hydrolysis) is 1. The summed E-state index contributed by atoms with van der Waals surface area (Å²) in [6.45, 7) is 1.96. The van der Waals surface area contributed by atoms with Gasteiger partial charge in [0.05, 0.1) is 11.6 Å². The number of Topliss-reactive ketones (excluding diaryl/α,β-unsaturated/α-hetero) is 1. The number of methoxy groups -OCH3 is 1. The monoisotopic (exact) mass is 486 g/mol. The maximum Gasteiger partial charge on any atom is 0.407 e. The minimum atomic E-state index is -1.10. The Morgan fingerprint density at radius 3 is 2.67 bits per heavy atom. The van der Waals surface area contributed by atoms with Crippen LogP contribution in [0.2, 0.25) is 0 Å². The van der Waals surface area contributed by atoms with Crippen LogP contribution in [-0.4, -0.2) is 59.5 Å². The smallest absolute Gasteiger partial charge is 0.407 e. The molecule has 2 N–H and O–H groups in total. The van der Waals surface area contributed by atoms with Crippen LogP contribution in [-0.2, 0) is 14.3 Å². The Morgan fingerprint density at radius 2 is 2.07 bits per heavy atom. The lowest BCUT2D eigenvalue weighted by Gasteiger charge is -2.30. The van der Waals surface area contributed by atoms with Crippen molar-refractivity contribution in [3.63, 3.8) is 0 Å². The van der Waals surface area contributed by atoms with E-state index in [4.69, 9.17) is 0 Å². The molecule has 0 bridgehead atoms. The van der Waals surface area contributed by atoms with Crippen molar-refractivity contribution in [3.8, 4) is 0 Å². The molecule has 164 valence electrons. The third-order valence-electron chi connectivity index (χ3n) is 5.18. The summed E-state index contributed by atoms with van der Waals surface area (Å²) in [5.41, 5.74) is 0.206. The van der Waals surface area contributed by atoms with Gasteiger partial charge in [0.25, 0.3) is 0 Å². The van der Waals surface area contributed by atoms with Gasteiger partial charge in [0.1, 0.15) is 17.9 Å². The first kappa shape index (κ1) is 23.8. The number of likely N-dealkylation sites (tertiary alicyclic amines) is 1. The van der Waals surface area contributed by atoms with E-state index in [9.17, 15) is 28.7 Å². The fraction of sp³-hybridized carbons (Fsp3) is 0.500. The van der Waals surface area contributed by atoms with Gasteiger partial charge in [0.2, 0.25) is 5.91 Å². The first-order valence-corrected chi connectivity index (χ1v) is 10.3. The maximum atomic E-state index is 13.7. The Bertz CT molecular complexity index is 834. The van der Waals surface area contributed by atoms with Crippen LogP contribution < -0.4 is 5.32 Å². The molecule has 1 aliphatic rings. The molecule has 1 fully saturated rings. The Labute approximate surface area is 181 Å². The average Bonchev–Trinajstić information content (AvgIpc) is 3.21. The van der Waals surface area contributed by atoms with E-state index in [1.165, 1.54) is 17.0 Å². The van der Waals surface area contributed by atoms with Crippen molar-refractivity contribution in [3.05, 3.63) is 34.1 Å². The normalized spacial score (nSPS) is 17.9. The summed E-state index contributed by atoms with van der Waals surface area (Å²) in [7, 11) is 1.16. The number of ether oxygens (including phenoxy) is 1. The lowest BCUT2D eigenvalue weighted by molar-refractivity contribution is -0.149. The molecule has 0 spiro atoms. The molecule has 2 amide bonds. The topological polar surface area (TPSA) is 113 Å². The second-order valence-electron chi connectivity index (χ2n) is 7.21.